The molecule has 1 fully saturated rings. The second-order valence-corrected chi connectivity index (χ2v) is 5.32. The van der Waals surface area contributed by atoms with Gasteiger partial charge in [-0.15, -0.1) is 0 Å². The summed E-state index contributed by atoms with van der Waals surface area (Å²) in [5, 5.41) is 12.6. The minimum absolute atomic E-state index is 0.0681. The molecule has 5 heteroatoms. The Morgan fingerprint density at radius 2 is 2.28 bits per heavy atom. The highest BCUT2D eigenvalue weighted by atomic mass is 35.5. The average molecular weight is 272 g/mol. The molecule has 1 atom stereocenters. The minimum Gasteiger partial charge on any atom is -0.388 e. The molecule has 1 amide bonds. The zero-order valence-electron chi connectivity index (χ0n) is 10.0. The number of hydrogen-bond donors (Lipinski definition) is 2. The van der Waals surface area contributed by atoms with Crippen LogP contribution in [0.5, 0.6) is 0 Å². The van der Waals surface area contributed by atoms with Crippen LogP contribution in [-0.2, 0) is 0 Å². The molecule has 1 aromatic rings. The van der Waals surface area contributed by atoms with E-state index in [9.17, 15) is 14.3 Å². The topological polar surface area (TPSA) is 49.3 Å². The molecule has 1 aliphatic rings. The van der Waals surface area contributed by atoms with Crippen molar-refractivity contribution in [2.24, 2.45) is 5.92 Å². The molecule has 18 heavy (non-hydrogen) atoms. The van der Waals surface area contributed by atoms with E-state index >= 15 is 0 Å². The van der Waals surface area contributed by atoms with Crippen LogP contribution in [0.2, 0.25) is 5.02 Å². The number of halogens is 2. The molecule has 2 N–H and O–H groups in total. The molecule has 0 heterocycles. The van der Waals surface area contributed by atoms with Gasteiger partial charge in [-0.05, 0) is 37.8 Å². The van der Waals surface area contributed by atoms with Gasteiger partial charge in [0.2, 0.25) is 0 Å². The van der Waals surface area contributed by atoms with Crippen LogP contribution in [0.3, 0.4) is 0 Å². The number of nitrogens with one attached hydrogen (secondary N) is 1. The first-order chi connectivity index (χ1) is 8.42. The minimum atomic E-state index is -0.937. The number of carbonyl (C=O) groups excluding carboxylic acids is 1. The Bertz CT molecular complexity index is 452. The molecular formula is C13H15ClFNO2. The maximum absolute atomic E-state index is 13.5. The predicted octanol–water partition coefficient (Wildman–Crippen LogP) is 2.37. The normalized spacial score (nSPS) is 18.2. The fourth-order valence-corrected chi connectivity index (χ4v) is 2.16. The van der Waals surface area contributed by atoms with E-state index in [2.05, 4.69) is 5.32 Å². The maximum atomic E-state index is 13.5. The molecule has 0 saturated heterocycles. The van der Waals surface area contributed by atoms with Gasteiger partial charge < -0.3 is 10.4 Å². The summed E-state index contributed by atoms with van der Waals surface area (Å²) < 4.78 is 13.5. The predicted molar refractivity (Wildman–Crippen MR) is 67.1 cm³/mol. The summed E-state index contributed by atoms with van der Waals surface area (Å²) in [6.45, 7) is 1.77. The first-order valence-electron chi connectivity index (χ1n) is 5.86. The fraction of sp³-hybridized carbons (Fsp3) is 0.462. The third kappa shape index (κ3) is 2.82. The molecule has 0 spiro atoms. The molecule has 0 radical (unpaired) electrons. The first kappa shape index (κ1) is 13.3. The lowest BCUT2D eigenvalue weighted by Gasteiger charge is -2.23. The van der Waals surface area contributed by atoms with Crippen molar-refractivity contribution in [2.75, 3.05) is 6.54 Å². The van der Waals surface area contributed by atoms with Gasteiger partial charge in [-0.1, -0.05) is 17.7 Å². The van der Waals surface area contributed by atoms with E-state index in [4.69, 9.17) is 11.6 Å². The van der Waals surface area contributed by atoms with Crippen LogP contribution >= 0.6 is 11.6 Å². The van der Waals surface area contributed by atoms with Crippen LogP contribution in [0.1, 0.15) is 30.1 Å². The van der Waals surface area contributed by atoms with Crippen molar-refractivity contribution in [2.45, 2.75) is 25.4 Å². The van der Waals surface area contributed by atoms with E-state index in [0.717, 1.165) is 12.8 Å². The quantitative estimate of drug-likeness (QED) is 0.883. The highest BCUT2D eigenvalue weighted by Crippen LogP contribution is 2.39. The number of aliphatic hydroxyl groups is 1. The van der Waals surface area contributed by atoms with Crippen LogP contribution in [0, 0.1) is 11.7 Å². The summed E-state index contributed by atoms with van der Waals surface area (Å²) in [7, 11) is 0. The lowest BCUT2D eigenvalue weighted by atomic mass is 10.0. The molecule has 2 rings (SSSR count). The largest absolute Gasteiger partial charge is 0.388 e. The van der Waals surface area contributed by atoms with Crippen molar-refractivity contribution in [1.29, 1.82) is 0 Å². The van der Waals surface area contributed by atoms with Crippen molar-refractivity contribution in [1.82, 2.24) is 5.32 Å². The van der Waals surface area contributed by atoms with E-state index in [1.54, 1.807) is 6.92 Å². The molecule has 98 valence electrons. The SMILES string of the molecule is CC(O)(CNC(=O)c1c(F)cccc1Cl)C1CC1. The van der Waals surface area contributed by atoms with Gasteiger partial charge in [0, 0.05) is 6.54 Å². The Balaban J connectivity index is 2.04. The van der Waals surface area contributed by atoms with Gasteiger partial charge >= 0.3 is 0 Å². The second-order valence-electron chi connectivity index (χ2n) is 4.91. The summed E-state index contributed by atoms with van der Waals surface area (Å²) >= 11 is 5.79. The van der Waals surface area contributed by atoms with E-state index in [-0.39, 0.29) is 23.0 Å². The van der Waals surface area contributed by atoms with Crippen LogP contribution < -0.4 is 5.32 Å². The molecule has 0 aliphatic heterocycles. The standard InChI is InChI=1S/C13H15ClFNO2/c1-13(18,8-5-6-8)7-16-12(17)11-9(14)3-2-4-10(11)15/h2-4,8,18H,5-7H2,1H3,(H,16,17). The molecule has 1 aromatic carbocycles. The van der Waals surface area contributed by atoms with Gasteiger partial charge in [-0.25, -0.2) is 4.39 Å². The fourth-order valence-electron chi connectivity index (χ4n) is 1.91. The van der Waals surface area contributed by atoms with E-state index < -0.39 is 17.3 Å². The Hall–Kier alpha value is -1.13. The molecule has 3 nitrogen and oxygen atoms in total. The van der Waals surface area contributed by atoms with Gasteiger partial charge in [0.25, 0.3) is 5.91 Å². The summed E-state index contributed by atoms with van der Waals surface area (Å²) in [6, 6.07) is 4.08. The van der Waals surface area contributed by atoms with Gasteiger partial charge in [0.05, 0.1) is 16.2 Å². The van der Waals surface area contributed by atoms with Crippen molar-refractivity contribution in [3.63, 3.8) is 0 Å². The number of benzene rings is 1. The van der Waals surface area contributed by atoms with Crippen LogP contribution in [0.4, 0.5) is 4.39 Å². The lowest BCUT2D eigenvalue weighted by molar-refractivity contribution is 0.0353. The number of carbonyl (C=O) groups is 1. The summed E-state index contributed by atoms with van der Waals surface area (Å²) in [6.07, 6.45) is 1.92. The molecule has 0 aromatic heterocycles. The molecule has 1 saturated carbocycles. The van der Waals surface area contributed by atoms with Crippen molar-refractivity contribution >= 4 is 17.5 Å². The van der Waals surface area contributed by atoms with Crippen molar-refractivity contribution in [3.8, 4) is 0 Å². The second kappa shape index (κ2) is 4.86. The molecule has 1 aliphatic carbocycles. The smallest absolute Gasteiger partial charge is 0.255 e. The zero-order valence-corrected chi connectivity index (χ0v) is 10.8. The van der Waals surface area contributed by atoms with Crippen molar-refractivity contribution in [3.05, 3.63) is 34.6 Å². The Morgan fingerprint density at radius 1 is 1.61 bits per heavy atom. The van der Waals surface area contributed by atoms with E-state index in [1.165, 1.54) is 18.2 Å². The average Bonchev–Trinajstić information content (AvgIpc) is 3.10. The molecule has 0 bridgehead atoms. The van der Waals surface area contributed by atoms with E-state index in [0.29, 0.717) is 0 Å². The van der Waals surface area contributed by atoms with Gasteiger partial charge in [-0.2, -0.15) is 0 Å². The zero-order chi connectivity index (χ0) is 13.3. The lowest BCUT2D eigenvalue weighted by Crippen LogP contribution is -2.42. The first-order valence-corrected chi connectivity index (χ1v) is 6.24. The summed E-state index contributed by atoms with van der Waals surface area (Å²) in [4.78, 5) is 11.8. The van der Waals surface area contributed by atoms with Gasteiger partial charge in [0.15, 0.2) is 0 Å². The van der Waals surface area contributed by atoms with Crippen LogP contribution in [-0.4, -0.2) is 23.2 Å². The van der Waals surface area contributed by atoms with Crippen LogP contribution in [0.15, 0.2) is 18.2 Å². The van der Waals surface area contributed by atoms with Gasteiger partial charge in [0.1, 0.15) is 5.82 Å². The van der Waals surface area contributed by atoms with Gasteiger partial charge in [-0.3, -0.25) is 4.79 Å². The van der Waals surface area contributed by atoms with E-state index in [1.807, 2.05) is 0 Å². The summed E-state index contributed by atoms with van der Waals surface area (Å²) in [5.41, 5.74) is -1.11. The monoisotopic (exact) mass is 271 g/mol. The molecular weight excluding hydrogens is 257 g/mol. The van der Waals surface area contributed by atoms with Crippen LogP contribution in [0.25, 0.3) is 0 Å². The maximum Gasteiger partial charge on any atom is 0.255 e. The van der Waals surface area contributed by atoms with Crippen molar-refractivity contribution < 1.29 is 14.3 Å². The third-order valence-corrected chi connectivity index (χ3v) is 3.57. The highest BCUT2D eigenvalue weighted by Gasteiger charge is 2.40. The number of rotatable bonds is 4. The number of hydrogen-bond acceptors (Lipinski definition) is 2. The summed E-state index contributed by atoms with van der Waals surface area (Å²) in [5.74, 6) is -1.04. The Morgan fingerprint density at radius 3 is 2.83 bits per heavy atom. The Kier molecular flexibility index (Phi) is 3.59. The number of amides is 1. The highest BCUT2D eigenvalue weighted by molar-refractivity contribution is 6.33. The Labute approximate surface area is 110 Å². The molecule has 1 unspecified atom stereocenters. The third-order valence-electron chi connectivity index (χ3n) is 3.25.